The maximum absolute atomic E-state index is 5.96. The van der Waals surface area contributed by atoms with Crippen molar-refractivity contribution in [2.45, 2.75) is 51.4 Å². The molecule has 5 nitrogen and oxygen atoms in total. The molecule has 2 aromatic rings. The Labute approximate surface area is 185 Å². The van der Waals surface area contributed by atoms with E-state index in [1.807, 2.05) is 50.0 Å². The van der Waals surface area contributed by atoms with Crippen molar-refractivity contribution in [3.8, 4) is 11.5 Å². The molecule has 0 radical (unpaired) electrons. The third-order valence-electron chi connectivity index (χ3n) is 5.29. The first-order chi connectivity index (χ1) is 14.0. The number of hydrogen-bond donors (Lipinski definition) is 0. The number of ether oxygens (including phenoxy) is 2. The number of thioether (sulfide) groups is 1. The SMILES string of the molecule is CC[C@@H]1CSC2=N[C@@H](c3ccccn3)[C@@H](c3cc(OC)c(OC(C)C)cc3Br)N21. The van der Waals surface area contributed by atoms with Gasteiger partial charge in [0.2, 0.25) is 0 Å². The number of methoxy groups -OCH3 is 1. The highest BCUT2D eigenvalue weighted by Gasteiger charge is 2.46. The summed E-state index contributed by atoms with van der Waals surface area (Å²) in [4.78, 5) is 12.2. The number of halogens is 1. The fraction of sp³-hybridized carbons (Fsp3) is 0.455. The maximum atomic E-state index is 5.96. The van der Waals surface area contributed by atoms with Crippen LogP contribution in [-0.4, -0.2) is 40.1 Å². The van der Waals surface area contributed by atoms with Gasteiger partial charge in [0, 0.05) is 22.5 Å². The Balaban J connectivity index is 1.81. The molecule has 0 bridgehead atoms. The van der Waals surface area contributed by atoms with Gasteiger partial charge in [-0.2, -0.15) is 0 Å². The summed E-state index contributed by atoms with van der Waals surface area (Å²) in [6.45, 7) is 6.28. The summed E-state index contributed by atoms with van der Waals surface area (Å²) in [5, 5.41) is 1.12. The molecule has 0 amide bonds. The molecule has 1 aromatic carbocycles. The number of pyridine rings is 1. The third-order valence-corrected chi connectivity index (χ3v) is 7.11. The first-order valence-corrected chi connectivity index (χ1v) is 11.7. The van der Waals surface area contributed by atoms with Crippen LogP contribution >= 0.6 is 27.7 Å². The zero-order chi connectivity index (χ0) is 20.5. The van der Waals surface area contributed by atoms with Crippen LogP contribution in [0.25, 0.3) is 0 Å². The fourth-order valence-electron chi connectivity index (χ4n) is 3.97. The van der Waals surface area contributed by atoms with Crippen LogP contribution in [0.2, 0.25) is 0 Å². The molecular formula is C22H26BrN3O2S. The highest BCUT2D eigenvalue weighted by atomic mass is 79.9. The first kappa shape index (κ1) is 20.5. The second-order valence-electron chi connectivity index (χ2n) is 7.53. The predicted octanol–water partition coefficient (Wildman–Crippen LogP) is 5.62. The zero-order valence-corrected chi connectivity index (χ0v) is 19.5. The minimum Gasteiger partial charge on any atom is -0.493 e. The van der Waals surface area contributed by atoms with Crippen LogP contribution in [0.3, 0.4) is 0 Å². The van der Waals surface area contributed by atoms with Gasteiger partial charge in [0.05, 0.1) is 24.9 Å². The summed E-state index contributed by atoms with van der Waals surface area (Å²) in [6.07, 6.45) is 3.00. The molecule has 1 aromatic heterocycles. The molecule has 7 heteroatoms. The van der Waals surface area contributed by atoms with Crippen molar-refractivity contribution in [2.75, 3.05) is 12.9 Å². The molecule has 1 fully saturated rings. The lowest BCUT2D eigenvalue weighted by Crippen LogP contribution is -2.35. The molecule has 1 saturated heterocycles. The average molecular weight is 476 g/mol. The van der Waals surface area contributed by atoms with E-state index >= 15 is 0 Å². The molecular weight excluding hydrogens is 450 g/mol. The molecule has 4 rings (SSSR count). The lowest BCUT2D eigenvalue weighted by atomic mass is 9.95. The summed E-state index contributed by atoms with van der Waals surface area (Å²) in [7, 11) is 1.69. The summed E-state index contributed by atoms with van der Waals surface area (Å²) in [5.74, 6) is 2.56. The smallest absolute Gasteiger partial charge is 0.162 e. The Morgan fingerprint density at radius 2 is 2.10 bits per heavy atom. The maximum Gasteiger partial charge on any atom is 0.162 e. The van der Waals surface area contributed by atoms with E-state index < -0.39 is 0 Å². The Kier molecular flexibility index (Phi) is 6.06. The van der Waals surface area contributed by atoms with Gasteiger partial charge in [-0.15, -0.1) is 0 Å². The van der Waals surface area contributed by atoms with Gasteiger partial charge in [-0.1, -0.05) is 40.7 Å². The second-order valence-corrected chi connectivity index (χ2v) is 9.37. The van der Waals surface area contributed by atoms with E-state index in [9.17, 15) is 0 Å². The summed E-state index contributed by atoms with van der Waals surface area (Å²) in [6, 6.07) is 10.6. The lowest BCUT2D eigenvalue weighted by molar-refractivity contribution is 0.228. The van der Waals surface area contributed by atoms with Gasteiger partial charge in [0.15, 0.2) is 16.7 Å². The molecule has 29 heavy (non-hydrogen) atoms. The topological polar surface area (TPSA) is 47.0 Å². The monoisotopic (exact) mass is 475 g/mol. The van der Waals surface area contributed by atoms with Crippen LogP contribution in [0.15, 0.2) is 46.0 Å². The van der Waals surface area contributed by atoms with E-state index in [-0.39, 0.29) is 18.2 Å². The van der Waals surface area contributed by atoms with Crippen molar-refractivity contribution in [3.05, 3.63) is 52.3 Å². The average Bonchev–Trinajstić information content (AvgIpc) is 3.28. The molecule has 3 heterocycles. The van der Waals surface area contributed by atoms with Crippen molar-refractivity contribution in [1.29, 1.82) is 0 Å². The van der Waals surface area contributed by atoms with Crippen LogP contribution in [0.4, 0.5) is 0 Å². The van der Waals surface area contributed by atoms with Gasteiger partial charge in [-0.05, 0) is 50.1 Å². The summed E-state index contributed by atoms with van der Waals surface area (Å²) >= 11 is 5.66. The largest absolute Gasteiger partial charge is 0.493 e. The van der Waals surface area contributed by atoms with Gasteiger partial charge in [-0.25, -0.2) is 0 Å². The highest BCUT2D eigenvalue weighted by molar-refractivity contribution is 9.10. The van der Waals surface area contributed by atoms with Gasteiger partial charge < -0.3 is 14.4 Å². The molecule has 0 aliphatic carbocycles. The molecule has 154 valence electrons. The number of benzene rings is 1. The predicted molar refractivity (Wildman–Crippen MR) is 122 cm³/mol. The summed E-state index contributed by atoms with van der Waals surface area (Å²) < 4.78 is 12.6. The third kappa shape index (κ3) is 3.87. The van der Waals surface area contributed by atoms with Crippen LogP contribution in [0.5, 0.6) is 11.5 Å². The Morgan fingerprint density at radius 3 is 2.76 bits per heavy atom. The van der Waals surface area contributed by atoms with E-state index in [1.165, 1.54) is 0 Å². The number of amidine groups is 1. The van der Waals surface area contributed by atoms with Crippen molar-refractivity contribution < 1.29 is 9.47 Å². The molecule has 0 N–H and O–H groups in total. The quantitative estimate of drug-likeness (QED) is 0.542. The zero-order valence-electron chi connectivity index (χ0n) is 17.1. The number of fused-ring (bicyclic) bond motifs is 1. The molecule has 0 saturated carbocycles. The minimum atomic E-state index is -0.0501. The van der Waals surface area contributed by atoms with E-state index in [2.05, 4.69) is 44.9 Å². The number of hydrogen-bond acceptors (Lipinski definition) is 6. The van der Waals surface area contributed by atoms with Crippen molar-refractivity contribution in [1.82, 2.24) is 9.88 Å². The van der Waals surface area contributed by atoms with Crippen molar-refractivity contribution in [2.24, 2.45) is 4.99 Å². The Bertz CT molecular complexity index is 906. The van der Waals surface area contributed by atoms with E-state index in [1.54, 1.807) is 7.11 Å². The highest BCUT2D eigenvalue weighted by Crippen LogP contribution is 2.51. The number of aromatic nitrogens is 1. The van der Waals surface area contributed by atoms with Crippen LogP contribution < -0.4 is 9.47 Å². The van der Waals surface area contributed by atoms with Crippen LogP contribution in [0.1, 0.15) is 50.5 Å². The van der Waals surface area contributed by atoms with Crippen molar-refractivity contribution >= 4 is 32.9 Å². The fourth-order valence-corrected chi connectivity index (χ4v) is 5.86. The number of aliphatic imine (C=N–C) groups is 1. The van der Waals surface area contributed by atoms with E-state index in [0.29, 0.717) is 6.04 Å². The Morgan fingerprint density at radius 1 is 1.28 bits per heavy atom. The molecule has 3 atom stereocenters. The first-order valence-electron chi connectivity index (χ1n) is 9.97. The molecule has 0 unspecified atom stereocenters. The van der Waals surface area contributed by atoms with Gasteiger partial charge in [-0.3, -0.25) is 9.98 Å². The number of rotatable bonds is 6. The van der Waals surface area contributed by atoms with Crippen LogP contribution in [0, 0.1) is 0 Å². The van der Waals surface area contributed by atoms with Crippen molar-refractivity contribution in [3.63, 3.8) is 0 Å². The Hall–Kier alpha value is -1.73. The lowest BCUT2D eigenvalue weighted by Gasteiger charge is -2.33. The molecule has 0 spiro atoms. The van der Waals surface area contributed by atoms with Gasteiger partial charge in [0.1, 0.15) is 6.04 Å². The molecule has 2 aliphatic heterocycles. The second kappa shape index (κ2) is 8.56. The number of nitrogens with zero attached hydrogens (tertiary/aromatic N) is 3. The van der Waals surface area contributed by atoms with Crippen LogP contribution in [-0.2, 0) is 0 Å². The molecule has 2 aliphatic rings. The normalized spacial score (nSPS) is 23.3. The van der Waals surface area contributed by atoms with Gasteiger partial charge in [0.25, 0.3) is 0 Å². The standard InChI is InChI=1S/C22H26BrN3O2S/c1-5-14-12-29-22-25-20(17-8-6-7-9-24-17)21(26(14)22)15-10-18(27-4)19(11-16(15)23)28-13(2)3/h6-11,13-14,20-21H,5,12H2,1-4H3/t14-,20+,21-/m1/s1. The van der Waals surface area contributed by atoms with Gasteiger partial charge >= 0.3 is 0 Å². The van der Waals surface area contributed by atoms with E-state index in [4.69, 9.17) is 14.5 Å². The minimum absolute atomic E-state index is 0.0501. The summed E-state index contributed by atoms with van der Waals surface area (Å²) in [5.41, 5.74) is 2.14. The van der Waals surface area contributed by atoms with E-state index in [0.717, 1.165) is 44.6 Å².